The van der Waals surface area contributed by atoms with E-state index in [0.29, 0.717) is 19.5 Å². The summed E-state index contributed by atoms with van der Waals surface area (Å²) in [6.07, 6.45) is 1.73. The van der Waals surface area contributed by atoms with Crippen molar-refractivity contribution in [3.8, 4) is 0 Å². The highest BCUT2D eigenvalue weighted by Crippen LogP contribution is 2.11. The van der Waals surface area contributed by atoms with Gasteiger partial charge in [-0.1, -0.05) is 6.92 Å². The summed E-state index contributed by atoms with van der Waals surface area (Å²) in [5.74, 6) is -0.305. The Morgan fingerprint density at radius 1 is 1.50 bits per heavy atom. The lowest BCUT2D eigenvalue weighted by Crippen LogP contribution is -2.45. The number of amides is 1. The number of nitrogens with one attached hydrogen (secondary N) is 1. The van der Waals surface area contributed by atoms with Crippen LogP contribution in [0.5, 0.6) is 0 Å². The van der Waals surface area contributed by atoms with Gasteiger partial charge in [0, 0.05) is 19.5 Å². The minimum Gasteiger partial charge on any atom is -0.370 e. The molecule has 94 valence electrons. The second-order valence-electron chi connectivity index (χ2n) is 4.24. The van der Waals surface area contributed by atoms with Gasteiger partial charge in [0.15, 0.2) is 0 Å². The predicted molar refractivity (Wildman–Crippen MR) is 60.7 cm³/mol. The number of nitrogens with two attached hydrogens (primary N) is 1. The van der Waals surface area contributed by atoms with Crippen LogP contribution >= 0.6 is 0 Å². The molecule has 0 aromatic heterocycles. The zero-order valence-electron chi connectivity index (χ0n) is 9.48. The van der Waals surface area contributed by atoms with Gasteiger partial charge in [-0.15, -0.1) is 4.41 Å². The van der Waals surface area contributed by atoms with Crippen LogP contribution in [0.2, 0.25) is 0 Å². The molecule has 0 bridgehead atoms. The number of hydrogen-bond donors (Lipinski definition) is 2. The van der Waals surface area contributed by atoms with Crippen molar-refractivity contribution in [3.05, 3.63) is 0 Å². The highest BCUT2D eigenvalue weighted by molar-refractivity contribution is 7.89. The molecule has 1 atom stereocenters. The summed E-state index contributed by atoms with van der Waals surface area (Å²) in [5.41, 5.74) is 7.94. The van der Waals surface area contributed by atoms with Crippen molar-refractivity contribution in [2.24, 2.45) is 11.7 Å². The molecule has 1 unspecified atom stereocenters. The molecule has 1 rings (SSSR count). The first kappa shape index (κ1) is 13.4. The number of carbonyl (C=O) groups is 1. The van der Waals surface area contributed by atoms with Gasteiger partial charge in [0.2, 0.25) is 15.9 Å². The Kier molecular flexibility index (Phi) is 4.69. The number of rotatable bonds is 4. The third kappa shape index (κ3) is 4.07. The Morgan fingerprint density at radius 2 is 2.19 bits per heavy atom. The highest BCUT2D eigenvalue weighted by Gasteiger charge is 2.25. The molecule has 0 aromatic carbocycles. The second-order valence-corrected chi connectivity index (χ2v) is 6.25. The van der Waals surface area contributed by atoms with Gasteiger partial charge in [-0.2, -0.15) is 0 Å². The fourth-order valence-electron chi connectivity index (χ4n) is 1.69. The minimum absolute atomic E-state index is 0.0714. The molecule has 3 N–H and O–H groups in total. The zero-order valence-corrected chi connectivity index (χ0v) is 10.3. The van der Waals surface area contributed by atoms with Crippen LogP contribution in [0.15, 0.2) is 0 Å². The maximum atomic E-state index is 11.8. The molecule has 0 spiro atoms. The Labute approximate surface area is 96.2 Å². The predicted octanol–water partition coefficient (Wildman–Crippen LogP) is -0.572. The van der Waals surface area contributed by atoms with Crippen LogP contribution in [0.1, 0.15) is 26.2 Å². The molecule has 1 aliphatic heterocycles. The number of primary amides is 1. The highest BCUT2D eigenvalue weighted by atomic mass is 32.2. The van der Waals surface area contributed by atoms with E-state index < -0.39 is 15.9 Å². The molecule has 16 heavy (non-hydrogen) atoms. The van der Waals surface area contributed by atoms with Crippen molar-refractivity contribution in [1.82, 2.24) is 9.84 Å². The molecule has 0 radical (unpaired) electrons. The van der Waals surface area contributed by atoms with E-state index in [1.807, 2.05) is 6.92 Å². The average Bonchev–Trinajstić information content (AvgIpc) is 2.27. The molecule has 1 saturated heterocycles. The van der Waals surface area contributed by atoms with Gasteiger partial charge in [0.05, 0.1) is 5.75 Å². The SMILES string of the molecule is CC(CC(N)=O)CN1NCCCCS1(=O)=O. The van der Waals surface area contributed by atoms with E-state index in [4.69, 9.17) is 5.73 Å². The third-order valence-corrected chi connectivity index (χ3v) is 4.23. The van der Waals surface area contributed by atoms with Crippen LogP contribution in [0.25, 0.3) is 0 Å². The lowest BCUT2D eigenvalue weighted by Gasteiger charge is -2.23. The number of hydrogen-bond acceptors (Lipinski definition) is 4. The molecule has 1 fully saturated rings. The van der Waals surface area contributed by atoms with Gasteiger partial charge >= 0.3 is 0 Å². The zero-order chi connectivity index (χ0) is 12.2. The topological polar surface area (TPSA) is 92.5 Å². The summed E-state index contributed by atoms with van der Waals surface area (Å²) in [6, 6.07) is 0. The largest absolute Gasteiger partial charge is 0.370 e. The quantitative estimate of drug-likeness (QED) is 0.697. The fraction of sp³-hybridized carbons (Fsp3) is 0.889. The van der Waals surface area contributed by atoms with Gasteiger partial charge in [-0.25, -0.2) is 13.8 Å². The Hall–Kier alpha value is -0.660. The first-order valence-electron chi connectivity index (χ1n) is 5.44. The van der Waals surface area contributed by atoms with Gasteiger partial charge in [0.25, 0.3) is 0 Å². The summed E-state index contributed by atoms with van der Waals surface area (Å²) in [6.45, 7) is 2.76. The van der Waals surface area contributed by atoms with Crippen LogP contribution in [0, 0.1) is 5.92 Å². The van der Waals surface area contributed by atoms with Crippen LogP contribution < -0.4 is 11.2 Å². The van der Waals surface area contributed by atoms with Crippen molar-refractivity contribution in [2.45, 2.75) is 26.2 Å². The molecule has 1 amide bonds. The van der Waals surface area contributed by atoms with E-state index in [1.54, 1.807) is 0 Å². The lowest BCUT2D eigenvalue weighted by molar-refractivity contribution is -0.118. The van der Waals surface area contributed by atoms with E-state index in [9.17, 15) is 13.2 Å². The van der Waals surface area contributed by atoms with Crippen LogP contribution in [-0.2, 0) is 14.8 Å². The standard InChI is InChI=1S/C9H19N3O3S/c1-8(6-9(10)13)7-12-11-4-2-3-5-16(12,14)15/h8,11H,2-7H2,1H3,(H2,10,13). The van der Waals surface area contributed by atoms with E-state index in [-0.39, 0.29) is 18.1 Å². The molecule has 0 saturated carbocycles. The Bertz CT molecular complexity index is 342. The number of sulfonamides is 1. The van der Waals surface area contributed by atoms with E-state index >= 15 is 0 Å². The molecule has 1 aliphatic rings. The third-order valence-electron chi connectivity index (χ3n) is 2.48. The number of nitrogens with zero attached hydrogens (tertiary/aromatic N) is 1. The van der Waals surface area contributed by atoms with Crippen molar-refractivity contribution >= 4 is 15.9 Å². The van der Waals surface area contributed by atoms with Gasteiger partial charge in [0.1, 0.15) is 0 Å². The van der Waals surface area contributed by atoms with Crippen molar-refractivity contribution in [2.75, 3.05) is 18.8 Å². The van der Waals surface area contributed by atoms with E-state index in [0.717, 1.165) is 6.42 Å². The van der Waals surface area contributed by atoms with Gasteiger partial charge in [-0.05, 0) is 18.8 Å². The summed E-state index contributed by atoms with van der Waals surface area (Å²) >= 11 is 0. The maximum Gasteiger partial charge on any atom is 0.226 e. The van der Waals surface area contributed by atoms with Crippen molar-refractivity contribution in [3.63, 3.8) is 0 Å². The Morgan fingerprint density at radius 3 is 2.81 bits per heavy atom. The molecule has 0 aliphatic carbocycles. The van der Waals surface area contributed by atoms with Gasteiger partial charge in [-0.3, -0.25) is 4.79 Å². The summed E-state index contributed by atoms with van der Waals surface area (Å²) in [5, 5.41) is 0. The molecule has 6 nitrogen and oxygen atoms in total. The van der Waals surface area contributed by atoms with Crippen molar-refractivity contribution in [1.29, 1.82) is 0 Å². The molecular weight excluding hydrogens is 230 g/mol. The summed E-state index contributed by atoms with van der Waals surface area (Å²) < 4.78 is 24.8. The summed E-state index contributed by atoms with van der Waals surface area (Å²) in [7, 11) is -3.22. The number of carbonyl (C=O) groups excluding carboxylic acids is 1. The van der Waals surface area contributed by atoms with Gasteiger partial charge < -0.3 is 5.73 Å². The second kappa shape index (κ2) is 5.60. The minimum atomic E-state index is -3.22. The first-order valence-corrected chi connectivity index (χ1v) is 7.05. The smallest absolute Gasteiger partial charge is 0.226 e. The van der Waals surface area contributed by atoms with E-state index in [1.165, 1.54) is 4.41 Å². The molecule has 0 aromatic rings. The molecule has 1 heterocycles. The van der Waals surface area contributed by atoms with Crippen LogP contribution in [-0.4, -0.2) is 37.6 Å². The molecule has 7 heteroatoms. The van der Waals surface area contributed by atoms with Crippen LogP contribution in [0.3, 0.4) is 0 Å². The summed E-state index contributed by atoms with van der Waals surface area (Å²) in [4.78, 5) is 10.7. The Balaban J connectivity index is 2.59. The molecular formula is C9H19N3O3S. The monoisotopic (exact) mass is 249 g/mol. The lowest BCUT2D eigenvalue weighted by atomic mass is 10.1. The van der Waals surface area contributed by atoms with Crippen LogP contribution in [0.4, 0.5) is 0 Å². The average molecular weight is 249 g/mol. The maximum absolute atomic E-state index is 11.8. The fourth-order valence-corrected chi connectivity index (χ4v) is 3.25. The van der Waals surface area contributed by atoms with Crippen molar-refractivity contribution < 1.29 is 13.2 Å². The van der Waals surface area contributed by atoms with E-state index in [2.05, 4.69) is 5.43 Å². The normalized spacial score (nSPS) is 23.6. The first-order chi connectivity index (χ1) is 7.42. The number of hydrazine groups is 1.